The van der Waals surface area contributed by atoms with Crippen molar-refractivity contribution in [1.29, 1.82) is 0 Å². The molecule has 2 N–H and O–H groups in total. The first-order valence-electron chi connectivity index (χ1n) is 4.87. The highest BCUT2D eigenvalue weighted by Crippen LogP contribution is 2.23. The maximum absolute atomic E-state index is 6.03. The van der Waals surface area contributed by atoms with Gasteiger partial charge >= 0.3 is 0 Å². The van der Waals surface area contributed by atoms with Crippen LogP contribution in [0.15, 0.2) is 41.1 Å². The van der Waals surface area contributed by atoms with E-state index in [-0.39, 0.29) is 5.54 Å². The Bertz CT molecular complexity index is 441. The van der Waals surface area contributed by atoms with Crippen molar-refractivity contribution >= 4 is 0 Å². The van der Waals surface area contributed by atoms with Crippen molar-refractivity contribution in [1.82, 2.24) is 4.98 Å². The van der Waals surface area contributed by atoms with Crippen LogP contribution in [0.5, 0.6) is 0 Å². The Morgan fingerprint density at radius 2 is 2.13 bits per heavy atom. The summed E-state index contributed by atoms with van der Waals surface area (Å²) in [5.74, 6) is 0.626. The second-order valence-electron chi connectivity index (χ2n) is 4.14. The third-order valence-corrected chi connectivity index (χ3v) is 2.29. The highest BCUT2D eigenvalue weighted by atomic mass is 16.3. The molecule has 0 aliphatic rings. The highest BCUT2D eigenvalue weighted by Gasteiger charge is 2.15. The average Bonchev–Trinajstić information content (AvgIpc) is 2.69. The summed E-state index contributed by atoms with van der Waals surface area (Å²) in [6.07, 6.45) is 3.20. The second-order valence-corrected chi connectivity index (χ2v) is 4.14. The summed E-state index contributed by atoms with van der Waals surface area (Å²) in [5, 5.41) is 0. The van der Waals surface area contributed by atoms with Gasteiger partial charge in [-0.2, -0.15) is 0 Å². The number of hydrogen-bond donors (Lipinski definition) is 1. The van der Waals surface area contributed by atoms with Gasteiger partial charge in [-0.15, -0.1) is 0 Å². The topological polar surface area (TPSA) is 52.0 Å². The Labute approximate surface area is 88.9 Å². The van der Waals surface area contributed by atoms with Crippen molar-refractivity contribution in [2.75, 3.05) is 0 Å². The fourth-order valence-corrected chi connectivity index (χ4v) is 1.42. The molecule has 2 aromatic rings. The van der Waals surface area contributed by atoms with Crippen LogP contribution >= 0.6 is 0 Å². The molecule has 0 aliphatic carbocycles. The van der Waals surface area contributed by atoms with Gasteiger partial charge in [0.25, 0.3) is 0 Å². The van der Waals surface area contributed by atoms with Crippen LogP contribution in [-0.4, -0.2) is 4.98 Å². The number of hydrogen-bond acceptors (Lipinski definition) is 3. The molecule has 0 bridgehead atoms. The molecule has 1 aromatic carbocycles. The highest BCUT2D eigenvalue weighted by molar-refractivity contribution is 5.54. The van der Waals surface area contributed by atoms with Crippen molar-refractivity contribution in [2.24, 2.45) is 5.73 Å². The van der Waals surface area contributed by atoms with Crippen LogP contribution in [0.25, 0.3) is 11.5 Å². The standard InChI is InChI=1S/C12H14N2O/c1-12(2,13)10-5-3-4-9(8-10)11-14-6-7-15-11/h3-8H,13H2,1-2H3. The van der Waals surface area contributed by atoms with Crippen LogP contribution in [0, 0.1) is 0 Å². The van der Waals surface area contributed by atoms with Gasteiger partial charge in [-0.05, 0) is 31.5 Å². The predicted molar refractivity (Wildman–Crippen MR) is 59.2 cm³/mol. The van der Waals surface area contributed by atoms with Gasteiger partial charge in [0.2, 0.25) is 5.89 Å². The van der Waals surface area contributed by atoms with Crippen LogP contribution in [0.1, 0.15) is 19.4 Å². The molecule has 0 saturated heterocycles. The van der Waals surface area contributed by atoms with Crippen LogP contribution in [0.4, 0.5) is 0 Å². The van der Waals surface area contributed by atoms with Crippen molar-refractivity contribution < 1.29 is 4.42 Å². The first-order chi connectivity index (χ1) is 7.07. The Morgan fingerprint density at radius 3 is 2.73 bits per heavy atom. The largest absolute Gasteiger partial charge is 0.445 e. The van der Waals surface area contributed by atoms with E-state index in [1.165, 1.54) is 0 Å². The number of benzene rings is 1. The van der Waals surface area contributed by atoms with Crippen LogP contribution in [0.3, 0.4) is 0 Å². The summed E-state index contributed by atoms with van der Waals surface area (Å²) in [6, 6.07) is 7.93. The summed E-state index contributed by atoms with van der Waals surface area (Å²) in [5.41, 5.74) is 7.71. The van der Waals surface area contributed by atoms with E-state index in [0.717, 1.165) is 11.1 Å². The molecule has 3 heteroatoms. The first-order valence-corrected chi connectivity index (χ1v) is 4.87. The van der Waals surface area contributed by atoms with E-state index in [1.54, 1.807) is 12.5 Å². The number of nitrogens with zero attached hydrogens (tertiary/aromatic N) is 1. The number of rotatable bonds is 2. The molecular weight excluding hydrogens is 188 g/mol. The SMILES string of the molecule is CC(C)(N)c1cccc(-c2ncco2)c1. The molecule has 2 rings (SSSR count). The quantitative estimate of drug-likeness (QED) is 0.814. The number of aromatic nitrogens is 1. The Balaban J connectivity index is 2.44. The van der Waals surface area contributed by atoms with Crippen molar-refractivity contribution in [3.63, 3.8) is 0 Å². The van der Waals surface area contributed by atoms with Crippen molar-refractivity contribution in [3.8, 4) is 11.5 Å². The van der Waals surface area contributed by atoms with E-state index in [9.17, 15) is 0 Å². The van der Waals surface area contributed by atoms with Gasteiger partial charge in [-0.1, -0.05) is 12.1 Å². The van der Waals surface area contributed by atoms with E-state index in [0.29, 0.717) is 5.89 Å². The molecule has 15 heavy (non-hydrogen) atoms. The average molecular weight is 202 g/mol. The first kappa shape index (κ1) is 9.93. The molecular formula is C12H14N2O. The molecule has 0 saturated carbocycles. The van der Waals surface area contributed by atoms with Gasteiger partial charge in [-0.3, -0.25) is 0 Å². The lowest BCUT2D eigenvalue weighted by Crippen LogP contribution is -2.28. The van der Waals surface area contributed by atoms with Gasteiger partial charge in [0.05, 0.1) is 6.20 Å². The van der Waals surface area contributed by atoms with E-state index in [4.69, 9.17) is 10.2 Å². The second kappa shape index (κ2) is 3.51. The Morgan fingerprint density at radius 1 is 1.33 bits per heavy atom. The lowest BCUT2D eigenvalue weighted by Gasteiger charge is -2.19. The monoisotopic (exact) mass is 202 g/mol. The minimum absolute atomic E-state index is 0.345. The lowest BCUT2D eigenvalue weighted by molar-refractivity contribution is 0.552. The Kier molecular flexibility index (Phi) is 2.32. The zero-order valence-corrected chi connectivity index (χ0v) is 8.90. The van der Waals surface area contributed by atoms with Gasteiger partial charge in [0.15, 0.2) is 0 Å². The molecule has 0 radical (unpaired) electrons. The zero-order chi connectivity index (χ0) is 10.9. The molecule has 1 heterocycles. The number of oxazole rings is 1. The lowest BCUT2D eigenvalue weighted by atomic mass is 9.94. The van der Waals surface area contributed by atoms with Crippen LogP contribution in [0.2, 0.25) is 0 Å². The minimum Gasteiger partial charge on any atom is -0.445 e. The molecule has 0 aliphatic heterocycles. The molecule has 0 spiro atoms. The molecule has 3 nitrogen and oxygen atoms in total. The third-order valence-electron chi connectivity index (χ3n) is 2.29. The summed E-state index contributed by atoms with van der Waals surface area (Å²) >= 11 is 0. The van der Waals surface area contributed by atoms with Gasteiger partial charge in [-0.25, -0.2) is 4.98 Å². The fourth-order valence-electron chi connectivity index (χ4n) is 1.42. The van der Waals surface area contributed by atoms with E-state index < -0.39 is 0 Å². The zero-order valence-electron chi connectivity index (χ0n) is 8.90. The van der Waals surface area contributed by atoms with Crippen LogP contribution < -0.4 is 5.73 Å². The Hall–Kier alpha value is -1.61. The minimum atomic E-state index is -0.345. The summed E-state index contributed by atoms with van der Waals surface area (Å²) < 4.78 is 5.24. The van der Waals surface area contributed by atoms with Gasteiger partial charge in [0, 0.05) is 11.1 Å². The predicted octanol–water partition coefficient (Wildman–Crippen LogP) is 2.54. The molecule has 0 unspecified atom stereocenters. The normalized spacial score (nSPS) is 11.7. The van der Waals surface area contributed by atoms with Gasteiger partial charge in [0.1, 0.15) is 6.26 Å². The molecule has 1 aromatic heterocycles. The van der Waals surface area contributed by atoms with Crippen molar-refractivity contribution in [3.05, 3.63) is 42.3 Å². The van der Waals surface area contributed by atoms with Gasteiger partial charge < -0.3 is 10.2 Å². The summed E-state index contributed by atoms with van der Waals surface area (Å²) in [6.45, 7) is 3.95. The fraction of sp³-hybridized carbons (Fsp3) is 0.250. The number of nitrogens with two attached hydrogens (primary N) is 1. The summed E-state index contributed by atoms with van der Waals surface area (Å²) in [7, 11) is 0. The molecule has 0 amide bonds. The van der Waals surface area contributed by atoms with Crippen molar-refractivity contribution in [2.45, 2.75) is 19.4 Å². The summed E-state index contributed by atoms with van der Waals surface area (Å²) in [4.78, 5) is 4.10. The third kappa shape index (κ3) is 2.07. The molecule has 0 atom stereocenters. The van der Waals surface area contributed by atoms with E-state index in [2.05, 4.69) is 4.98 Å². The maximum Gasteiger partial charge on any atom is 0.225 e. The smallest absolute Gasteiger partial charge is 0.225 e. The molecule has 0 fully saturated rings. The van der Waals surface area contributed by atoms with E-state index in [1.807, 2.05) is 38.1 Å². The maximum atomic E-state index is 6.03. The van der Waals surface area contributed by atoms with Crippen LogP contribution in [-0.2, 0) is 5.54 Å². The van der Waals surface area contributed by atoms with E-state index >= 15 is 0 Å². The molecule has 78 valence electrons.